The molecule has 0 heterocycles. The fourth-order valence-electron chi connectivity index (χ4n) is 5.23. The molecule has 0 aromatic heterocycles. The van der Waals surface area contributed by atoms with Crippen LogP contribution in [-0.4, -0.2) is 11.7 Å². The standard InChI is InChI=1S/C32H34F4O2/c1-3-5-27(37)23-14-12-22(13-15-23)25-17-16-24(29(33)30(25)34)11-8-20-6-9-21(10-7-20)26-18-19-28(38-4-2)32(36)31(26)35/h8,11-21,27,37H,3-7,9-10H2,1-2H3/b11-8+. The van der Waals surface area contributed by atoms with Crippen molar-refractivity contribution in [3.8, 4) is 16.9 Å². The zero-order valence-electron chi connectivity index (χ0n) is 21.8. The van der Waals surface area contributed by atoms with Crippen LogP contribution >= 0.6 is 0 Å². The predicted octanol–water partition coefficient (Wildman–Crippen LogP) is 9.13. The van der Waals surface area contributed by atoms with Crippen LogP contribution < -0.4 is 4.74 Å². The van der Waals surface area contributed by atoms with E-state index in [1.807, 2.05) is 13.0 Å². The Morgan fingerprint density at radius 3 is 2.21 bits per heavy atom. The van der Waals surface area contributed by atoms with Gasteiger partial charge < -0.3 is 9.84 Å². The minimum absolute atomic E-state index is 0.0755. The predicted molar refractivity (Wildman–Crippen MR) is 143 cm³/mol. The molecule has 1 aliphatic rings. The molecule has 0 saturated heterocycles. The maximum atomic E-state index is 14.9. The lowest BCUT2D eigenvalue weighted by atomic mass is 9.78. The molecule has 202 valence electrons. The number of aliphatic hydroxyl groups excluding tert-OH is 1. The summed E-state index contributed by atoms with van der Waals surface area (Å²) in [4.78, 5) is 0. The maximum absolute atomic E-state index is 14.9. The molecule has 1 unspecified atom stereocenters. The molecule has 4 rings (SSSR count). The number of allylic oxidation sites excluding steroid dienone is 1. The average Bonchev–Trinajstić information content (AvgIpc) is 2.93. The van der Waals surface area contributed by atoms with Gasteiger partial charge in [-0.05, 0) is 73.6 Å². The van der Waals surface area contributed by atoms with Gasteiger partial charge in [-0.15, -0.1) is 0 Å². The van der Waals surface area contributed by atoms with E-state index in [4.69, 9.17) is 4.74 Å². The lowest BCUT2D eigenvalue weighted by molar-refractivity contribution is 0.166. The molecule has 38 heavy (non-hydrogen) atoms. The Kier molecular flexibility index (Phi) is 9.26. The van der Waals surface area contributed by atoms with Crippen LogP contribution in [0.5, 0.6) is 5.75 Å². The second-order valence-electron chi connectivity index (χ2n) is 9.94. The van der Waals surface area contributed by atoms with Gasteiger partial charge >= 0.3 is 0 Å². The zero-order valence-corrected chi connectivity index (χ0v) is 21.8. The van der Waals surface area contributed by atoms with E-state index in [9.17, 15) is 22.7 Å². The number of benzene rings is 3. The summed E-state index contributed by atoms with van der Waals surface area (Å²) in [5.74, 6) is -3.64. The Balaban J connectivity index is 1.40. The quantitative estimate of drug-likeness (QED) is 0.282. The molecule has 1 aliphatic carbocycles. The summed E-state index contributed by atoms with van der Waals surface area (Å²) in [5.41, 5.74) is 2.00. The molecule has 0 bridgehead atoms. The summed E-state index contributed by atoms with van der Waals surface area (Å²) in [6.45, 7) is 3.97. The molecule has 0 spiro atoms. The number of halogens is 4. The molecular weight excluding hydrogens is 492 g/mol. The zero-order chi connectivity index (χ0) is 27.2. The van der Waals surface area contributed by atoms with Gasteiger partial charge in [0.1, 0.15) is 0 Å². The maximum Gasteiger partial charge on any atom is 0.200 e. The van der Waals surface area contributed by atoms with E-state index < -0.39 is 29.4 Å². The van der Waals surface area contributed by atoms with Crippen LogP contribution in [-0.2, 0) is 0 Å². The lowest BCUT2D eigenvalue weighted by Crippen LogP contribution is -2.14. The van der Waals surface area contributed by atoms with Crippen molar-refractivity contribution >= 4 is 6.08 Å². The van der Waals surface area contributed by atoms with E-state index >= 15 is 0 Å². The molecule has 0 amide bonds. The number of ether oxygens (including phenoxy) is 1. The van der Waals surface area contributed by atoms with Crippen molar-refractivity contribution in [1.29, 1.82) is 0 Å². The number of aliphatic hydroxyl groups is 1. The van der Waals surface area contributed by atoms with Gasteiger partial charge in [-0.25, -0.2) is 13.2 Å². The van der Waals surface area contributed by atoms with Crippen LogP contribution in [0.1, 0.15) is 81.1 Å². The molecule has 6 heteroatoms. The Morgan fingerprint density at radius 1 is 0.842 bits per heavy atom. The van der Waals surface area contributed by atoms with E-state index in [0.29, 0.717) is 30.4 Å². The highest BCUT2D eigenvalue weighted by Gasteiger charge is 2.26. The molecule has 0 radical (unpaired) electrons. The molecule has 1 atom stereocenters. The van der Waals surface area contributed by atoms with Crippen molar-refractivity contribution in [2.24, 2.45) is 5.92 Å². The monoisotopic (exact) mass is 526 g/mol. The summed E-state index contributed by atoms with van der Waals surface area (Å²) < 4.78 is 63.9. The van der Waals surface area contributed by atoms with Gasteiger partial charge in [0.15, 0.2) is 23.2 Å². The van der Waals surface area contributed by atoms with Crippen molar-refractivity contribution in [2.45, 2.75) is 64.4 Å². The molecule has 1 saturated carbocycles. The molecule has 3 aromatic rings. The second-order valence-corrected chi connectivity index (χ2v) is 9.94. The SMILES string of the molecule is CCCC(O)c1ccc(-c2ccc(/C=C/C3CCC(c4ccc(OCC)c(F)c4F)CC3)c(F)c2F)cc1. The number of hydrogen-bond acceptors (Lipinski definition) is 2. The Bertz CT molecular complexity index is 1260. The molecule has 1 N–H and O–H groups in total. The first-order valence-electron chi connectivity index (χ1n) is 13.4. The molecule has 0 aliphatic heterocycles. The largest absolute Gasteiger partial charge is 0.491 e. The van der Waals surface area contributed by atoms with Crippen molar-refractivity contribution < 1.29 is 27.4 Å². The first-order chi connectivity index (χ1) is 18.3. The average molecular weight is 527 g/mol. The fraction of sp³-hybridized carbons (Fsp3) is 0.375. The third-order valence-electron chi connectivity index (χ3n) is 7.42. The van der Waals surface area contributed by atoms with Crippen molar-refractivity contribution in [3.05, 3.63) is 94.6 Å². The second kappa shape index (κ2) is 12.6. The smallest absolute Gasteiger partial charge is 0.200 e. The van der Waals surface area contributed by atoms with Crippen LogP contribution in [0.15, 0.2) is 54.6 Å². The Labute approximate surface area is 222 Å². The van der Waals surface area contributed by atoms with E-state index in [-0.39, 0.29) is 35.3 Å². The van der Waals surface area contributed by atoms with Crippen LogP contribution in [0.3, 0.4) is 0 Å². The van der Waals surface area contributed by atoms with E-state index in [1.165, 1.54) is 6.07 Å². The van der Waals surface area contributed by atoms with Gasteiger partial charge in [-0.2, -0.15) is 4.39 Å². The van der Waals surface area contributed by atoms with Crippen LogP contribution in [0.4, 0.5) is 17.6 Å². The minimum Gasteiger partial charge on any atom is -0.491 e. The summed E-state index contributed by atoms with van der Waals surface area (Å²) in [7, 11) is 0. The Hall–Kier alpha value is -3.12. The molecule has 1 fully saturated rings. The highest BCUT2D eigenvalue weighted by Crippen LogP contribution is 2.39. The summed E-state index contributed by atoms with van der Waals surface area (Å²) >= 11 is 0. The highest BCUT2D eigenvalue weighted by molar-refractivity contribution is 5.67. The van der Waals surface area contributed by atoms with E-state index in [2.05, 4.69) is 0 Å². The van der Waals surface area contributed by atoms with Crippen LogP contribution in [0, 0.1) is 29.2 Å². The third-order valence-corrected chi connectivity index (χ3v) is 7.42. The van der Waals surface area contributed by atoms with Gasteiger partial charge in [0.25, 0.3) is 0 Å². The van der Waals surface area contributed by atoms with Gasteiger partial charge in [0.2, 0.25) is 5.82 Å². The first kappa shape index (κ1) is 27.9. The molecular formula is C32H34F4O2. The van der Waals surface area contributed by atoms with Gasteiger partial charge in [-0.3, -0.25) is 0 Å². The van der Waals surface area contributed by atoms with Gasteiger partial charge in [0.05, 0.1) is 12.7 Å². The molecule has 3 aromatic carbocycles. The summed E-state index contributed by atoms with van der Waals surface area (Å²) in [5, 5.41) is 10.1. The normalized spacial score (nSPS) is 18.6. The lowest BCUT2D eigenvalue weighted by Gasteiger charge is -2.27. The Morgan fingerprint density at radius 2 is 1.55 bits per heavy atom. The topological polar surface area (TPSA) is 29.5 Å². The first-order valence-corrected chi connectivity index (χ1v) is 13.4. The highest BCUT2D eigenvalue weighted by atomic mass is 19.2. The van der Waals surface area contributed by atoms with Crippen molar-refractivity contribution in [1.82, 2.24) is 0 Å². The van der Waals surface area contributed by atoms with Crippen molar-refractivity contribution in [2.75, 3.05) is 6.61 Å². The number of hydrogen-bond donors (Lipinski definition) is 1. The van der Waals surface area contributed by atoms with Crippen LogP contribution in [0.2, 0.25) is 0 Å². The number of rotatable bonds is 9. The summed E-state index contributed by atoms with van der Waals surface area (Å²) in [6.07, 6.45) is 7.25. The van der Waals surface area contributed by atoms with E-state index in [1.54, 1.807) is 55.5 Å². The van der Waals surface area contributed by atoms with Gasteiger partial charge in [0, 0.05) is 11.1 Å². The van der Waals surface area contributed by atoms with Crippen molar-refractivity contribution in [3.63, 3.8) is 0 Å². The summed E-state index contributed by atoms with van der Waals surface area (Å²) in [6, 6.07) is 13.1. The molecule has 2 nitrogen and oxygen atoms in total. The van der Waals surface area contributed by atoms with E-state index in [0.717, 1.165) is 24.8 Å². The van der Waals surface area contributed by atoms with Crippen LogP contribution in [0.25, 0.3) is 17.2 Å². The van der Waals surface area contributed by atoms with Gasteiger partial charge in [-0.1, -0.05) is 68.0 Å². The fourth-order valence-corrected chi connectivity index (χ4v) is 5.23. The third kappa shape index (κ3) is 6.12. The minimum atomic E-state index is -0.947.